The molecule has 3 aromatic rings. The Bertz CT molecular complexity index is 1250. The van der Waals surface area contributed by atoms with Crippen molar-refractivity contribution in [2.75, 3.05) is 6.54 Å². The quantitative estimate of drug-likeness (QED) is 0.684. The highest BCUT2D eigenvalue weighted by Crippen LogP contribution is 2.22. The lowest BCUT2D eigenvalue weighted by Gasteiger charge is -2.20. The number of sulfone groups is 1. The third-order valence-corrected chi connectivity index (χ3v) is 7.10. The Morgan fingerprint density at radius 1 is 1.07 bits per heavy atom. The topological polar surface area (TPSA) is 61.2 Å². The van der Waals surface area contributed by atoms with Gasteiger partial charge in [-0.2, -0.15) is 5.26 Å². The van der Waals surface area contributed by atoms with E-state index in [2.05, 4.69) is 28.6 Å². The lowest BCUT2D eigenvalue weighted by atomic mass is 10.2. The fraction of sp³-hybridized carbons (Fsp3) is 0.0952. The number of nitrogens with zero attached hydrogens (tertiary/aromatic N) is 2. The fourth-order valence-electron chi connectivity index (χ4n) is 3.03. The fourth-order valence-corrected chi connectivity index (χ4v) is 5.19. The van der Waals surface area contributed by atoms with Crippen LogP contribution < -0.4 is 9.75 Å². The van der Waals surface area contributed by atoms with Gasteiger partial charge >= 0.3 is 0 Å². The number of rotatable bonds is 4. The van der Waals surface area contributed by atoms with Gasteiger partial charge in [0.15, 0.2) is 0 Å². The van der Waals surface area contributed by atoms with Gasteiger partial charge in [0.1, 0.15) is 0 Å². The van der Waals surface area contributed by atoms with E-state index >= 15 is 0 Å². The molecule has 6 heteroatoms. The van der Waals surface area contributed by atoms with Crippen molar-refractivity contribution in [3.05, 3.63) is 80.9 Å². The highest BCUT2D eigenvalue weighted by Gasteiger charge is 2.18. The second-order valence-corrected chi connectivity index (χ2v) is 9.19. The van der Waals surface area contributed by atoms with Gasteiger partial charge in [0.25, 0.3) is 0 Å². The number of benzene rings is 2. The molecule has 0 radical (unpaired) electrons. The molecule has 0 fully saturated rings. The van der Waals surface area contributed by atoms with E-state index in [1.54, 1.807) is 35.6 Å². The summed E-state index contributed by atoms with van der Waals surface area (Å²) in [4.78, 5) is 2.58. The molecule has 2 aromatic carbocycles. The number of fused-ring (bicyclic) bond motifs is 1. The Kier molecular flexibility index (Phi) is 4.56. The van der Waals surface area contributed by atoms with Crippen molar-refractivity contribution < 1.29 is 8.42 Å². The normalized spacial score (nSPS) is 13.2. The summed E-state index contributed by atoms with van der Waals surface area (Å²) in [5.74, 6) is 0. The number of hydrogen-bond donors (Lipinski definition) is 0. The second kappa shape index (κ2) is 7.03. The molecule has 0 spiro atoms. The van der Waals surface area contributed by atoms with Gasteiger partial charge in [0, 0.05) is 23.8 Å². The zero-order chi connectivity index (χ0) is 18.9. The van der Waals surface area contributed by atoms with E-state index in [9.17, 15) is 8.42 Å². The summed E-state index contributed by atoms with van der Waals surface area (Å²) in [5, 5.41) is 12.3. The van der Waals surface area contributed by atoms with Crippen molar-refractivity contribution in [1.29, 1.82) is 5.26 Å². The number of nitriles is 1. The van der Waals surface area contributed by atoms with Gasteiger partial charge in [-0.05, 0) is 52.6 Å². The number of thiophene rings is 1. The Morgan fingerprint density at radius 3 is 2.67 bits per heavy atom. The molecular formula is C21H16N2O2S2. The average molecular weight is 393 g/mol. The van der Waals surface area contributed by atoms with Crippen molar-refractivity contribution in [1.82, 2.24) is 4.90 Å². The average Bonchev–Trinajstić information content (AvgIpc) is 3.16. The van der Waals surface area contributed by atoms with Crippen molar-refractivity contribution in [2.24, 2.45) is 0 Å². The summed E-state index contributed by atoms with van der Waals surface area (Å²) in [5.41, 5.74) is 1.38. The standard InChI is InChI=1S/C21H16N2O2S2/c22-13-17-2-1-3-20(12-17)27(24,25)19-6-4-16(5-7-19)14-23-10-8-18-9-11-26-21(18)15-23/h1-9,11-12,15H,10,14H2. The summed E-state index contributed by atoms with van der Waals surface area (Å²) < 4.78 is 26.8. The Hall–Kier alpha value is -2.88. The summed E-state index contributed by atoms with van der Waals surface area (Å²) >= 11 is 1.72. The van der Waals surface area contributed by atoms with Gasteiger partial charge in [-0.15, -0.1) is 11.3 Å². The zero-order valence-corrected chi connectivity index (χ0v) is 16.0. The molecule has 0 saturated heterocycles. The van der Waals surface area contributed by atoms with Crippen LogP contribution in [0.25, 0.3) is 12.3 Å². The van der Waals surface area contributed by atoms with Gasteiger partial charge in [-0.3, -0.25) is 0 Å². The molecule has 0 amide bonds. The minimum atomic E-state index is -3.63. The van der Waals surface area contributed by atoms with Crippen molar-refractivity contribution in [2.45, 2.75) is 16.3 Å². The summed E-state index contributed by atoms with van der Waals surface area (Å²) in [6, 6.07) is 17.1. The van der Waals surface area contributed by atoms with E-state index in [-0.39, 0.29) is 9.79 Å². The first-order valence-corrected chi connectivity index (χ1v) is 10.8. The lowest BCUT2D eigenvalue weighted by molar-refractivity contribution is 0.455. The summed E-state index contributed by atoms with van der Waals surface area (Å²) in [6.07, 6.45) is 4.35. The van der Waals surface area contributed by atoms with E-state index in [0.717, 1.165) is 18.7 Å². The van der Waals surface area contributed by atoms with Crippen molar-refractivity contribution in [3.63, 3.8) is 0 Å². The van der Waals surface area contributed by atoms with Gasteiger partial charge in [0.2, 0.25) is 9.84 Å². The van der Waals surface area contributed by atoms with Gasteiger partial charge < -0.3 is 4.90 Å². The molecule has 4 rings (SSSR count). The maximum absolute atomic E-state index is 12.8. The second-order valence-electron chi connectivity index (χ2n) is 6.29. The van der Waals surface area contributed by atoms with Crippen LogP contribution in [0, 0.1) is 11.3 Å². The number of hydrogen-bond acceptors (Lipinski definition) is 5. The smallest absolute Gasteiger partial charge is 0.206 e. The first kappa shape index (κ1) is 17.5. The van der Waals surface area contributed by atoms with Crippen LogP contribution in [0.4, 0.5) is 0 Å². The van der Waals surface area contributed by atoms with Crippen LogP contribution in [-0.2, 0) is 16.4 Å². The highest BCUT2D eigenvalue weighted by molar-refractivity contribution is 7.91. The largest absolute Gasteiger partial charge is 0.368 e. The van der Waals surface area contributed by atoms with Crippen LogP contribution in [0.15, 0.2) is 69.8 Å². The zero-order valence-electron chi connectivity index (χ0n) is 14.4. The third-order valence-electron chi connectivity index (χ3n) is 4.47. The van der Waals surface area contributed by atoms with Gasteiger partial charge in [-0.25, -0.2) is 8.42 Å². The van der Waals surface area contributed by atoms with Crippen LogP contribution in [0.5, 0.6) is 0 Å². The predicted molar refractivity (Wildman–Crippen MR) is 106 cm³/mol. The first-order valence-electron chi connectivity index (χ1n) is 8.40. The van der Waals surface area contributed by atoms with Crippen LogP contribution >= 0.6 is 11.3 Å². The summed E-state index contributed by atoms with van der Waals surface area (Å²) in [7, 11) is -3.63. The van der Waals surface area contributed by atoms with Gasteiger partial charge in [0.05, 0.1) is 21.4 Å². The third kappa shape index (κ3) is 3.52. The van der Waals surface area contributed by atoms with Crippen LogP contribution in [0.1, 0.15) is 11.1 Å². The minimum Gasteiger partial charge on any atom is -0.368 e. The molecule has 1 aliphatic heterocycles. The molecule has 0 saturated carbocycles. The van der Waals surface area contributed by atoms with E-state index in [0.29, 0.717) is 5.56 Å². The molecule has 0 unspecified atom stereocenters. The molecule has 0 N–H and O–H groups in total. The SMILES string of the molecule is N#Cc1cccc(S(=O)(=O)c2ccc(CN3C=c4sccc4=CC3)cc2)c1. The van der Waals surface area contributed by atoms with Crippen LogP contribution in [-0.4, -0.2) is 19.9 Å². The maximum atomic E-state index is 12.8. The molecule has 1 aliphatic rings. The molecule has 4 nitrogen and oxygen atoms in total. The monoisotopic (exact) mass is 392 g/mol. The lowest BCUT2D eigenvalue weighted by Crippen LogP contribution is -2.31. The molecule has 1 aromatic heterocycles. The predicted octanol–water partition coefficient (Wildman–Crippen LogP) is 2.49. The van der Waals surface area contributed by atoms with E-state index in [4.69, 9.17) is 5.26 Å². The molecule has 0 aliphatic carbocycles. The maximum Gasteiger partial charge on any atom is 0.206 e. The van der Waals surface area contributed by atoms with Crippen molar-refractivity contribution >= 4 is 33.5 Å². The molecular weight excluding hydrogens is 376 g/mol. The summed E-state index contributed by atoms with van der Waals surface area (Å²) in [6.45, 7) is 1.56. The van der Waals surface area contributed by atoms with Crippen LogP contribution in [0.2, 0.25) is 0 Å². The molecule has 27 heavy (non-hydrogen) atoms. The van der Waals surface area contributed by atoms with Crippen molar-refractivity contribution in [3.8, 4) is 6.07 Å². The Labute approximate surface area is 161 Å². The highest BCUT2D eigenvalue weighted by atomic mass is 32.2. The van der Waals surface area contributed by atoms with Gasteiger partial charge in [-0.1, -0.05) is 24.3 Å². The van der Waals surface area contributed by atoms with E-state index in [1.807, 2.05) is 18.2 Å². The van der Waals surface area contributed by atoms with E-state index < -0.39 is 9.84 Å². The van der Waals surface area contributed by atoms with E-state index in [1.165, 1.54) is 21.9 Å². The molecule has 2 heterocycles. The molecule has 0 atom stereocenters. The van der Waals surface area contributed by atoms with Crippen LogP contribution in [0.3, 0.4) is 0 Å². The minimum absolute atomic E-state index is 0.137. The Morgan fingerprint density at radius 2 is 1.89 bits per heavy atom. The first-order chi connectivity index (χ1) is 13.1. The molecule has 0 bridgehead atoms. The Balaban J connectivity index is 1.56. The molecule has 134 valence electrons.